The molecule has 1 aromatic heterocycles. The number of phenolic OH excluding ortho intramolecular Hbond substituents is 2. The summed E-state index contributed by atoms with van der Waals surface area (Å²) in [6.45, 7) is 0. The van der Waals surface area contributed by atoms with Crippen molar-refractivity contribution in [1.29, 1.82) is 0 Å². The normalized spacial score (nSPS) is 10.4. The summed E-state index contributed by atoms with van der Waals surface area (Å²) >= 11 is 9.40. The van der Waals surface area contributed by atoms with Crippen molar-refractivity contribution in [2.45, 2.75) is 9.79 Å². The molecular formula is C38H26ClN9Na6O24S7. The van der Waals surface area contributed by atoms with E-state index in [1.54, 1.807) is 24.3 Å². The Balaban J connectivity index is -0.00000100. The minimum Gasteiger partial charge on any atom is -0.745 e. The summed E-state index contributed by atoms with van der Waals surface area (Å²) in [7, 11) is -21.8. The maximum absolute atomic E-state index is 12.7. The van der Waals surface area contributed by atoms with Crippen molar-refractivity contribution in [2.75, 3.05) is 29.6 Å². The zero-order valence-corrected chi connectivity index (χ0v) is 62.8. The second kappa shape index (κ2) is 43.8. The molecule has 0 bridgehead atoms. The number of phenols is 2. The summed E-state index contributed by atoms with van der Waals surface area (Å²) in [6.07, 6.45) is 0. The Morgan fingerprint density at radius 2 is 1.26 bits per heavy atom. The zero-order chi connectivity index (χ0) is 59.3. The van der Waals surface area contributed by atoms with Crippen LogP contribution in [-0.2, 0) is 76.0 Å². The number of aromatic hydroxyl groups is 2. The second-order valence-corrected chi connectivity index (χ2v) is 19.8. The fraction of sp³-hybridized carbons (Fsp3) is 0.0789. The first kappa shape index (κ1) is 89.6. The molecule has 0 aliphatic heterocycles. The van der Waals surface area contributed by atoms with Crippen LogP contribution in [0.3, 0.4) is 0 Å². The molecule has 0 aliphatic carbocycles. The predicted octanol–water partition coefficient (Wildman–Crippen LogP) is -13.8. The Kier molecular flexibility index (Phi) is 46.2. The molecule has 85 heavy (non-hydrogen) atoms. The van der Waals surface area contributed by atoms with E-state index in [1.807, 2.05) is 0 Å². The zero-order valence-electron chi connectivity index (χ0n) is 44.2. The Hall–Kier alpha value is -1.84. The molecule has 0 amide bonds. The van der Waals surface area contributed by atoms with Crippen molar-refractivity contribution >= 4 is 154 Å². The van der Waals surface area contributed by atoms with Crippen molar-refractivity contribution in [2.24, 2.45) is 20.5 Å². The van der Waals surface area contributed by atoms with Gasteiger partial charge in [-0.2, -0.15) is 96.8 Å². The van der Waals surface area contributed by atoms with Crippen molar-refractivity contribution in [3.63, 3.8) is 0 Å². The number of aromatic nitrogens is 3. The van der Waals surface area contributed by atoms with Crippen LogP contribution in [0.15, 0.2) is 109 Å². The van der Waals surface area contributed by atoms with Gasteiger partial charge in [-0.15, -0.1) is 72.0 Å². The predicted molar refractivity (Wildman–Crippen MR) is 264 cm³/mol. The quantitative estimate of drug-likeness (QED) is 0.00765. The SMILES string of the molecule is COc1cc[c-]cc1N=Nc1[c-]cc2c(S(=O)(=O)[O-])c(Nc3nc(Cl)nc(Nc4c[c-]cc5cc(S(=O)(=O)[O-])c(N=Nc6[c-]cccc6)c(O)c45)n3)ccc2c1O.O=S(=O)(COS)COOO.O=S(=O)=O.O=S(=O)=O.O=S(=O)=O.[Na+].[Na+].[Na+].[Na+].[Na+].[Na+]. The maximum atomic E-state index is 12.7. The molecule has 0 saturated heterocycles. The second-order valence-electron chi connectivity index (χ2n) is 13.4. The molecule has 0 saturated carbocycles. The van der Waals surface area contributed by atoms with E-state index >= 15 is 0 Å². The average Bonchev–Trinajstić information content (AvgIpc) is 3.41. The minimum absolute atomic E-state index is 0. The van der Waals surface area contributed by atoms with Gasteiger partial charge in [0.05, 0.1) is 12.0 Å². The number of methoxy groups -OCH3 is 1. The van der Waals surface area contributed by atoms with Crippen LogP contribution in [0.5, 0.6) is 17.2 Å². The number of rotatable bonds is 16. The Morgan fingerprint density at radius 3 is 1.78 bits per heavy atom. The van der Waals surface area contributed by atoms with Gasteiger partial charge in [-0.25, -0.2) is 35.6 Å². The molecule has 33 nitrogen and oxygen atoms in total. The molecule has 0 spiro atoms. The van der Waals surface area contributed by atoms with Gasteiger partial charge in [0.2, 0.25) is 27.0 Å². The van der Waals surface area contributed by atoms with E-state index in [1.165, 1.54) is 49.6 Å². The summed E-state index contributed by atoms with van der Waals surface area (Å²) in [4.78, 5) is 14.2. The van der Waals surface area contributed by atoms with E-state index in [2.05, 4.69) is 97.3 Å². The summed E-state index contributed by atoms with van der Waals surface area (Å²) in [5.41, 5.74) is -0.659. The number of ether oxygens (including phenoxy) is 1. The number of sulfone groups is 1. The average molecular weight is 1390 g/mol. The molecule has 1 heterocycles. The Morgan fingerprint density at radius 1 is 0.671 bits per heavy atom. The fourth-order valence-corrected chi connectivity index (χ4v) is 8.21. The molecule has 0 aliphatic rings. The molecule has 7 rings (SSSR count). The van der Waals surface area contributed by atoms with E-state index in [0.717, 1.165) is 12.1 Å². The number of thiol groups is 1. The van der Waals surface area contributed by atoms with Gasteiger partial charge in [0.15, 0.2) is 11.9 Å². The molecule has 7 aromatic rings. The molecular weight excluding hydrogens is 1360 g/mol. The monoisotopic (exact) mass is 1390 g/mol. The fourth-order valence-electron chi connectivity index (χ4n) is 5.68. The molecule has 0 atom stereocenters. The standard InChI is InChI=1S/C36H22ClN9O9S2.C2H6O6S2.6Na.3O3S/c1-55-27-13-6-5-11-23(27)44-45-25-16-15-22-21(31(25)47)14-17-26(33(22)57(52,53)54)39-36-41-34(37)40-35(42-36)38-24-12-7-8-19-18-28(56(49,50)51)30(32(48)29(19)24)46-43-20-9-3-2-4-10-20;3-8-6-1-10(4,5)2-7-9;;;;;;;3*1-4(2)3/h2-4,6,8-9,11-15,17-18,47-48H,1H3,(H,49,50,51)(H,52,53,54)(H2,38,39,40,41,42);3,9H,1-2H2;;;;;;;;;/q-4;;6*+1;;;/p-2. The first-order valence-corrected chi connectivity index (χ1v) is 27.7. The van der Waals surface area contributed by atoms with Gasteiger partial charge in [-0.3, -0.25) is 0 Å². The number of benzene rings is 6. The van der Waals surface area contributed by atoms with Gasteiger partial charge in [0.1, 0.15) is 31.7 Å². The summed E-state index contributed by atoms with van der Waals surface area (Å²) < 4.78 is 181. The number of nitrogens with zero attached hydrogens (tertiary/aromatic N) is 7. The van der Waals surface area contributed by atoms with Crippen LogP contribution in [0, 0.1) is 24.3 Å². The van der Waals surface area contributed by atoms with Crippen LogP contribution in [0.25, 0.3) is 21.5 Å². The number of nitrogens with one attached hydrogen (secondary N) is 2. The summed E-state index contributed by atoms with van der Waals surface area (Å²) in [5.74, 6) is -2.93. The van der Waals surface area contributed by atoms with E-state index in [4.69, 9.17) is 59.5 Å². The first-order chi connectivity index (χ1) is 37.0. The Bertz CT molecular complexity index is 4070. The van der Waals surface area contributed by atoms with Crippen molar-refractivity contribution in [3.05, 3.63) is 108 Å². The molecule has 422 valence electrons. The van der Waals surface area contributed by atoms with Gasteiger partial charge < -0.3 is 38.9 Å². The van der Waals surface area contributed by atoms with Crippen LogP contribution >= 0.6 is 24.5 Å². The molecule has 47 heteroatoms. The van der Waals surface area contributed by atoms with Gasteiger partial charge in [-0.1, -0.05) is 33.6 Å². The number of halogens is 1. The molecule has 6 aromatic carbocycles. The summed E-state index contributed by atoms with van der Waals surface area (Å²) in [5, 5.41) is 53.4. The molecule has 5 N–H and O–H groups in total. The number of anilines is 4. The third-order valence-electron chi connectivity index (χ3n) is 8.40. The number of azo groups is 2. The van der Waals surface area contributed by atoms with Crippen LogP contribution in [0.4, 0.5) is 46.0 Å². The maximum Gasteiger partial charge on any atom is 1.00 e. The summed E-state index contributed by atoms with van der Waals surface area (Å²) in [6, 6.07) is 29.2. The van der Waals surface area contributed by atoms with Crippen LogP contribution < -0.4 is 193 Å². The van der Waals surface area contributed by atoms with E-state index in [9.17, 15) is 44.6 Å². The number of hydrogen-bond acceptors (Lipinski definition) is 34. The largest absolute Gasteiger partial charge is 1.00 e. The molecule has 0 unspecified atom stereocenters. The third-order valence-corrected chi connectivity index (χ3v) is 11.6. The van der Waals surface area contributed by atoms with Crippen LogP contribution in [0.2, 0.25) is 5.28 Å². The number of fused-ring (bicyclic) bond motifs is 2. The van der Waals surface area contributed by atoms with E-state index in [-0.39, 0.29) is 239 Å². The van der Waals surface area contributed by atoms with Crippen molar-refractivity contribution in [3.8, 4) is 17.2 Å². The van der Waals surface area contributed by atoms with E-state index < -0.39 is 106 Å². The first-order valence-electron chi connectivity index (χ1n) is 19.3. The van der Waals surface area contributed by atoms with Crippen LogP contribution in [-0.4, -0.2) is 122 Å². The topological polar surface area (TPSA) is 512 Å². The van der Waals surface area contributed by atoms with Crippen molar-refractivity contribution < 1.29 is 284 Å². The smallest absolute Gasteiger partial charge is 0.745 e. The number of hydrogen-bond donors (Lipinski definition) is 6. The minimum atomic E-state index is -5.27. The molecule has 0 fully saturated rings. The Labute approximate surface area is 628 Å². The molecule has 0 radical (unpaired) electrons. The van der Waals surface area contributed by atoms with Gasteiger partial charge in [-0.05, 0) is 36.3 Å². The van der Waals surface area contributed by atoms with Gasteiger partial charge in [0.25, 0.3) is 0 Å². The van der Waals surface area contributed by atoms with Crippen molar-refractivity contribution in [1.82, 2.24) is 15.0 Å². The van der Waals surface area contributed by atoms with E-state index in [0.29, 0.717) is 5.75 Å². The van der Waals surface area contributed by atoms with Gasteiger partial charge >= 0.3 is 209 Å². The van der Waals surface area contributed by atoms with Crippen LogP contribution in [0.1, 0.15) is 0 Å². The third kappa shape index (κ3) is 31.2. The van der Waals surface area contributed by atoms with Gasteiger partial charge in [0, 0.05) is 33.5 Å².